The van der Waals surface area contributed by atoms with Gasteiger partial charge >= 0.3 is 6.16 Å². The third-order valence-electron chi connectivity index (χ3n) is 10.0. The molecule has 15 heteroatoms. The summed E-state index contributed by atoms with van der Waals surface area (Å²) in [6.45, 7) is 2.03. The highest BCUT2D eigenvalue weighted by molar-refractivity contribution is 7.14. The van der Waals surface area contributed by atoms with Gasteiger partial charge < -0.3 is 24.0 Å². The molecule has 2 unspecified atom stereocenters. The van der Waals surface area contributed by atoms with Crippen molar-refractivity contribution in [3.8, 4) is 27.3 Å². The predicted octanol–water partition coefficient (Wildman–Crippen LogP) is 4.63. The van der Waals surface area contributed by atoms with Crippen molar-refractivity contribution in [3.05, 3.63) is 98.0 Å². The lowest BCUT2D eigenvalue weighted by molar-refractivity contribution is -0.139. The summed E-state index contributed by atoms with van der Waals surface area (Å²) in [7, 11) is 0. The second-order valence-corrected chi connectivity index (χ2v) is 13.8. The van der Waals surface area contributed by atoms with Gasteiger partial charge in [0.25, 0.3) is 11.8 Å². The number of alkyl halides is 2. The van der Waals surface area contributed by atoms with Crippen LogP contribution in [0, 0.1) is 5.82 Å². The van der Waals surface area contributed by atoms with Crippen LogP contribution in [0.1, 0.15) is 45.7 Å². The van der Waals surface area contributed by atoms with E-state index in [-0.39, 0.29) is 50.0 Å². The maximum Gasteiger partial charge on any atom is 0.514 e. The zero-order valence-electron chi connectivity index (χ0n) is 26.4. The van der Waals surface area contributed by atoms with Crippen molar-refractivity contribution in [3.63, 3.8) is 0 Å². The van der Waals surface area contributed by atoms with Crippen molar-refractivity contribution in [2.75, 3.05) is 37.9 Å². The van der Waals surface area contributed by atoms with Crippen LogP contribution in [0.5, 0.6) is 5.75 Å². The number of fused-ring (bicyclic) bond motifs is 4. The van der Waals surface area contributed by atoms with Crippen LogP contribution in [0.25, 0.3) is 21.6 Å². The minimum absolute atomic E-state index is 0.0229. The number of ether oxygens (including phenoxy) is 3. The van der Waals surface area contributed by atoms with Gasteiger partial charge in [-0.25, -0.2) is 18.0 Å². The summed E-state index contributed by atoms with van der Waals surface area (Å²) in [5.41, 5.74) is 1.15. The van der Waals surface area contributed by atoms with Gasteiger partial charge in [-0.15, -0.1) is 11.3 Å². The highest BCUT2D eigenvalue weighted by Crippen LogP contribution is 2.58. The number of aromatic nitrogens is 1. The second-order valence-electron chi connectivity index (χ2n) is 12.9. The van der Waals surface area contributed by atoms with E-state index in [1.807, 2.05) is 24.3 Å². The molecular formula is C35H27F3N4O7S. The molecule has 2 atom stereocenters. The molecule has 2 fully saturated rings. The first-order valence-electron chi connectivity index (χ1n) is 16.0. The molecular weight excluding hydrogens is 677 g/mol. The van der Waals surface area contributed by atoms with Crippen molar-refractivity contribution >= 4 is 29.3 Å². The van der Waals surface area contributed by atoms with Crippen molar-refractivity contribution in [1.29, 1.82) is 0 Å². The van der Waals surface area contributed by atoms with Crippen LogP contribution in [-0.4, -0.2) is 77.6 Å². The summed E-state index contributed by atoms with van der Waals surface area (Å²) in [4.78, 5) is 55.8. The SMILES string of the molecule is CC(=O)N1CC(OC(=O)Oc2c3n(ccc2=O)N(C2c4ccccc4-c4scc5c4-c4c2ccc(F)c4C(F)(F)C5)C2COCCN2C3=O)C1. The fourth-order valence-corrected chi connectivity index (χ4v) is 8.92. The number of halogens is 3. The van der Waals surface area contributed by atoms with Crippen LogP contribution in [0.15, 0.2) is 58.8 Å². The molecule has 0 radical (unpaired) electrons. The van der Waals surface area contributed by atoms with E-state index < -0.39 is 65.3 Å². The molecule has 3 aliphatic heterocycles. The first-order chi connectivity index (χ1) is 24.0. The van der Waals surface area contributed by atoms with E-state index in [0.717, 1.165) is 22.6 Å². The number of thiophene rings is 1. The molecule has 2 saturated heterocycles. The predicted molar refractivity (Wildman–Crippen MR) is 172 cm³/mol. The van der Waals surface area contributed by atoms with Crippen LogP contribution >= 0.6 is 11.3 Å². The Kier molecular flexibility index (Phi) is 6.75. The van der Waals surface area contributed by atoms with Crippen molar-refractivity contribution < 1.29 is 41.8 Å². The summed E-state index contributed by atoms with van der Waals surface area (Å²) >= 11 is 1.31. The summed E-state index contributed by atoms with van der Waals surface area (Å²) in [5, 5.41) is 3.45. The number of pyridine rings is 1. The number of carbonyl (C=O) groups excluding carboxylic acids is 3. The number of rotatable bonds is 3. The van der Waals surface area contributed by atoms with Gasteiger partial charge in [-0.1, -0.05) is 30.3 Å². The number of benzene rings is 2. The van der Waals surface area contributed by atoms with E-state index in [4.69, 9.17) is 14.2 Å². The highest BCUT2D eigenvalue weighted by Gasteiger charge is 2.51. The number of amides is 2. The Balaban J connectivity index is 1.24. The number of hydrogen-bond acceptors (Lipinski definition) is 9. The molecule has 0 spiro atoms. The van der Waals surface area contributed by atoms with E-state index in [9.17, 15) is 19.2 Å². The quantitative estimate of drug-likeness (QED) is 0.284. The van der Waals surface area contributed by atoms with Crippen molar-refractivity contribution in [1.82, 2.24) is 14.5 Å². The van der Waals surface area contributed by atoms with Gasteiger partial charge in [0.05, 0.1) is 37.9 Å². The van der Waals surface area contributed by atoms with Crippen LogP contribution in [-0.2, 0) is 26.6 Å². The molecule has 11 nitrogen and oxygen atoms in total. The Hall–Kier alpha value is -5.15. The molecule has 5 aliphatic rings. The monoisotopic (exact) mass is 704 g/mol. The Labute approximate surface area is 285 Å². The van der Waals surface area contributed by atoms with Crippen molar-refractivity contribution in [2.45, 2.75) is 37.6 Å². The Morgan fingerprint density at radius 1 is 1.04 bits per heavy atom. The van der Waals surface area contributed by atoms with Gasteiger partial charge in [-0.3, -0.25) is 24.1 Å². The molecule has 9 rings (SSSR count). The first kappa shape index (κ1) is 30.9. The summed E-state index contributed by atoms with van der Waals surface area (Å²) in [5.74, 6) is -5.88. The minimum atomic E-state index is -3.49. The number of morpholine rings is 1. The maximum atomic E-state index is 15.9. The summed E-state index contributed by atoms with van der Waals surface area (Å²) < 4.78 is 65.5. The fourth-order valence-electron chi connectivity index (χ4n) is 7.80. The van der Waals surface area contributed by atoms with Gasteiger partial charge in [0.2, 0.25) is 17.1 Å². The normalized spacial score (nSPS) is 21.3. The molecule has 0 bridgehead atoms. The lowest BCUT2D eigenvalue weighted by Crippen LogP contribution is -2.66. The third-order valence-corrected chi connectivity index (χ3v) is 11.1. The highest BCUT2D eigenvalue weighted by atomic mass is 32.1. The fraction of sp³-hybridized carbons (Fsp3) is 0.314. The molecule has 0 N–H and O–H groups in total. The third kappa shape index (κ3) is 4.38. The summed E-state index contributed by atoms with van der Waals surface area (Å²) in [6, 6.07) is 10.2. The van der Waals surface area contributed by atoms with Gasteiger partial charge in [-0.05, 0) is 33.7 Å². The molecule has 50 heavy (non-hydrogen) atoms. The van der Waals surface area contributed by atoms with E-state index in [1.165, 1.54) is 45.0 Å². The first-order valence-corrected chi connectivity index (χ1v) is 16.9. The van der Waals surface area contributed by atoms with E-state index in [2.05, 4.69) is 0 Å². The van der Waals surface area contributed by atoms with Crippen LogP contribution in [0.3, 0.4) is 0 Å². The average molecular weight is 705 g/mol. The summed E-state index contributed by atoms with van der Waals surface area (Å²) in [6.07, 6.45) is -1.96. The number of hydrogen-bond donors (Lipinski definition) is 0. The van der Waals surface area contributed by atoms with Crippen molar-refractivity contribution in [2.24, 2.45) is 0 Å². The zero-order valence-corrected chi connectivity index (χ0v) is 27.2. The average Bonchev–Trinajstić information content (AvgIpc) is 3.43. The minimum Gasteiger partial charge on any atom is -0.427 e. The van der Waals surface area contributed by atoms with Crippen LogP contribution in [0.4, 0.5) is 18.0 Å². The topological polar surface area (TPSA) is 111 Å². The zero-order chi connectivity index (χ0) is 34.6. The number of carbonyl (C=O) groups is 3. The van der Waals surface area contributed by atoms with Gasteiger partial charge in [0.15, 0.2) is 5.69 Å². The maximum absolute atomic E-state index is 15.9. The van der Waals surface area contributed by atoms with E-state index in [0.29, 0.717) is 22.3 Å². The molecule has 2 aliphatic carbocycles. The molecule has 2 amide bonds. The largest absolute Gasteiger partial charge is 0.514 e. The van der Waals surface area contributed by atoms with E-state index >= 15 is 13.2 Å². The molecule has 4 aromatic rings. The molecule has 2 aromatic carbocycles. The Morgan fingerprint density at radius 2 is 1.84 bits per heavy atom. The van der Waals surface area contributed by atoms with Gasteiger partial charge in [0, 0.05) is 48.2 Å². The molecule has 5 heterocycles. The molecule has 0 saturated carbocycles. The van der Waals surface area contributed by atoms with Gasteiger partial charge in [-0.2, -0.15) is 0 Å². The van der Waals surface area contributed by atoms with Gasteiger partial charge in [0.1, 0.15) is 18.1 Å². The standard InChI is InChI=1S/C35H27F3N4O7S/c1-17(43)39-13-19(14-39)48-34(46)49-31-24(44)8-9-41-30(31)33(45)40-10-11-47-15-25(40)42(41)29-20-4-2-3-5-21(20)32-26-18(16-50-32)12-35(37,38)28-23(36)7-6-22(29)27(26)28/h2-9,16,19,25,29H,10-15H2,1H3. The molecule has 2 aromatic heterocycles. The van der Waals surface area contributed by atoms with E-state index in [1.54, 1.807) is 10.4 Å². The Morgan fingerprint density at radius 3 is 2.64 bits per heavy atom. The van der Waals surface area contributed by atoms with Crippen LogP contribution < -0.4 is 15.2 Å². The Bertz CT molecular complexity index is 2210. The lowest BCUT2D eigenvalue weighted by atomic mass is 9.80. The molecule has 256 valence electrons. The smallest absolute Gasteiger partial charge is 0.427 e. The second kappa shape index (κ2) is 10.9. The number of likely N-dealkylation sites (tertiary alicyclic amines) is 1. The lowest BCUT2D eigenvalue weighted by Gasteiger charge is -2.51. The van der Waals surface area contributed by atoms with Crippen LogP contribution in [0.2, 0.25) is 0 Å². The number of nitrogens with zero attached hydrogens (tertiary/aromatic N) is 4.